The van der Waals surface area contributed by atoms with E-state index in [-0.39, 0.29) is 5.91 Å². The average molecular weight is 184 g/mol. The fourth-order valence-electron chi connectivity index (χ4n) is 2.16. The van der Waals surface area contributed by atoms with Gasteiger partial charge in [0.05, 0.1) is 0 Å². The van der Waals surface area contributed by atoms with E-state index in [1.165, 1.54) is 19.3 Å². The van der Waals surface area contributed by atoms with E-state index in [9.17, 15) is 4.79 Å². The van der Waals surface area contributed by atoms with Gasteiger partial charge in [-0.15, -0.1) is 0 Å². The molecule has 76 valence electrons. The van der Waals surface area contributed by atoms with E-state index in [1.807, 2.05) is 0 Å². The lowest BCUT2D eigenvalue weighted by atomic mass is 9.89. The predicted molar refractivity (Wildman–Crippen MR) is 53.5 cm³/mol. The Kier molecular flexibility index (Phi) is 3.72. The summed E-state index contributed by atoms with van der Waals surface area (Å²) in [5.41, 5.74) is 0. The summed E-state index contributed by atoms with van der Waals surface area (Å²) < 4.78 is 0. The SMILES string of the molecule is CC(=O)NC1CCCCC1N(C)C. The number of hydrogen-bond acceptors (Lipinski definition) is 2. The monoisotopic (exact) mass is 184 g/mol. The standard InChI is InChI=1S/C10H20N2O/c1-8(13)11-9-6-4-5-7-10(9)12(2)3/h9-10H,4-7H2,1-3H3,(H,11,13). The molecule has 0 aliphatic heterocycles. The van der Waals surface area contributed by atoms with Crippen molar-refractivity contribution in [2.75, 3.05) is 14.1 Å². The van der Waals surface area contributed by atoms with Crippen LogP contribution < -0.4 is 5.32 Å². The average Bonchev–Trinajstić information content (AvgIpc) is 2.03. The molecule has 13 heavy (non-hydrogen) atoms. The lowest BCUT2D eigenvalue weighted by Gasteiger charge is -2.36. The number of carbonyl (C=O) groups is 1. The van der Waals surface area contributed by atoms with E-state index < -0.39 is 0 Å². The minimum Gasteiger partial charge on any atom is -0.352 e. The maximum absolute atomic E-state index is 11.0. The van der Waals surface area contributed by atoms with E-state index >= 15 is 0 Å². The molecule has 3 nitrogen and oxygen atoms in total. The fraction of sp³-hybridized carbons (Fsp3) is 0.900. The minimum atomic E-state index is 0.0961. The molecular weight excluding hydrogens is 164 g/mol. The number of likely N-dealkylation sites (N-methyl/N-ethyl adjacent to an activating group) is 1. The fourth-order valence-corrected chi connectivity index (χ4v) is 2.16. The normalized spacial score (nSPS) is 28.9. The third-order valence-corrected chi connectivity index (χ3v) is 2.78. The Hall–Kier alpha value is -0.570. The molecule has 0 aromatic heterocycles. The highest BCUT2D eigenvalue weighted by molar-refractivity contribution is 5.73. The summed E-state index contributed by atoms with van der Waals surface area (Å²) in [5.74, 6) is 0.0961. The summed E-state index contributed by atoms with van der Waals surface area (Å²) in [5, 5.41) is 3.03. The number of carbonyl (C=O) groups excluding carboxylic acids is 1. The van der Waals surface area contributed by atoms with Gasteiger partial charge in [-0.25, -0.2) is 0 Å². The molecule has 1 N–H and O–H groups in total. The van der Waals surface area contributed by atoms with Crippen LogP contribution in [0.5, 0.6) is 0 Å². The smallest absolute Gasteiger partial charge is 0.217 e. The van der Waals surface area contributed by atoms with Crippen LogP contribution in [0.2, 0.25) is 0 Å². The summed E-state index contributed by atoms with van der Waals surface area (Å²) in [4.78, 5) is 13.2. The van der Waals surface area contributed by atoms with Crippen molar-refractivity contribution in [3.63, 3.8) is 0 Å². The number of nitrogens with one attached hydrogen (secondary N) is 1. The van der Waals surface area contributed by atoms with Crippen LogP contribution in [-0.2, 0) is 4.79 Å². The summed E-state index contributed by atoms with van der Waals surface area (Å²) in [6.45, 7) is 1.60. The van der Waals surface area contributed by atoms with E-state index in [1.54, 1.807) is 6.92 Å². The molecule has 0 heterocycles. The van der Waals surface area contributed by atoms with Gasteiger partial charge in [0.25, 0.3) is 0 Å². The van der Waals surface area contributed by atoms with Crippen LogP contribution in [0.25, 0.3) is 0 Å². The lowest BCUT2D eigenvalue weighted by molar-refractivity contribution is -0.120. The maximum Gasteiger partial charge on any atom is 0.217 e. The molecule has 3 heteroatoms. The van der Waals surface area contributed by atoms with Gasteiger partial charge in [-0.05, 0) is 26.9 Å². The van der Waals surface area contributed by atoms with Crippen molar-refractivity contribution in [2.45, 2.75) is 44.7 Å². The van der Waals surface area contributed by atoms with Crippen molar-refractivity contribution >= 4 is 5.91 Å². The van der Waals surface area contributed by atoms with Crippen LogP contribution >= 0.6 is 0 Å². The first kappa shape index (κ1) is 10.5. The first-order chi connectivity index (χ1) is 6.11. The van der Waals surface area contributed by atoms with Gasteiger partial charge < -0.3 is 10.2 Å². The largest absolute Gasteiger partial charge is 0.352 e. The highest BCUT2D eigenvalue weighted by Gasteiger charge is 2.26. The topological polar surface area (TPSA) is 32.3 Å². The van der Waals surface area contributed by atoms with Gasteiger partial charge in [0.15, 0.2) is 0 Å². The first-order valence-electron chi connectivity index (χ1n) is 5.05. The molecule has 1 amide bonds. The van der Waals surface area contributed by atoms with Crippen LogP contribution in [0, 0.1) is 0 Å². The van der Waals surface area contributed by atoms with Crippen LogP contribution in [0.15, 0.2) is 0 Å². The van der Waals surface area contributed by atoms with Crippen LogP contribution in [-0.4, -0.2) is 37.0 Å². The second-order valence-electron chi connectivity index (χ2n) is 4.12. The molecule has 2 unspecified atom stereocenters. The summed E-state index contributed by atoms with van der Waals surface area (Å²) in [7, 11) is 4.18. The highest BCUT2D eigenvalue weighted by atomic mass is 16.1. The zero-order valence-electron chi connectivity index (χ0n) is 8.84. The Morgan fingerprint density at radius 1 is 1.31 bits per heavy atom. The van der Waals surface area contributed by atoms with E-state index in [0.717, 1.165) is 6.42 Å². The molecule has 0 aromatic carbocycles. The van der Waals surface area contributed by atoms with Crippen LogP contribution in [0.3, 0.4) is 0 Å². The Labute approximate surface area is 80.5 Å². The van der Waals surface area contributed by atoms with Gasteiger partial charge in [0, 0.05) is 19.0 Å². The van der Waals surface area contributed by atoms with Crippen molar-refractivity contribution in [2.24, 2.45) is 0 Å². The molecule has 0 aromatic rings. The second-order valence-corrected chi connectivity index (χ2v) is 4.12. The van der Waals surface area contributed by atoms with E-state index in [0.29, 0.717) is 12.1 Å². The summed E-state index contributed by atoms with van der Waals surface area (Å²) in [6, 6.07) is 0.888. The zero-order chi connectivity index (χ0) is 9.84. The second kappa shape index (κ2) is 4.61. The minimum absolute atomic E-state index is 0.0961. The Balaban J connectivity index is 2.51. The maximum atomic E-state index is 11.0. The number of hydrogen-bond donors (Lipinski definition) is 1. The molecule has 0 saturated heterocycles. The molecule has 1 fully saturated rings. The van der Waals surface area contributed by atoms with E-state index in [2.05, 4.69) is 24.3 Å². The van der Waals surface area contributed by atoms with Crippen molar-refractivity contribution < 1.29 is 4.79 Å². The van der Waals surface area contributed by atoms with Gasteiger partial charge in [-0.2, -0.15) is 0 Å². The summed E-state index contributed by atoms with van der Waals surface area (Å²) in [6.07, 6.45) is 4.87. The van der Waals surface area contributed by atoms with Crippen molar-refractivity contribution in [1.29, 1.82) is 0 Å². The third-order valence-electron chi connectivity index (χ3n) is 2.78. The quantitative estimate of drug-likeness (QED) is 0.694. The lowest BCUT2D eigenvalue weighted by Crippen LogP contribution is -2.50. The number of nitrogens with zero attached hydrogens (tertiary/aromatic N) is 1. The summed E-state index contributed by atoms with van der Waals surface area (Å²) >= 11 is 0. The number of amides is 1. The van der Waals surface area contributed by atoms with Gasteiger partial charge >= 0.3 is 0 Å². The molecule has 0 bridgehead atoms. The Morgan fingerprint density at radius 3 is 2.46 bits per heavy atom. The first-order valence-corrected chi connectivity index (χ1v) is 5.05. The van der Waals surface area contributed by atoms with Crippen molar-refractivity contribution in [3.05, 3.63) is 0 Å². The van der Waals surface area contributed by atoms with Gasteiger partial charge in [0.1, 0.15) is 0 Å². The zero-order valence-corrected chi connectivity index (χ0v) is 8.84. The van der Waals surface area contributed by atoms with E-state index in [4.69, 9.17) is 0 Å². The predicted octanol–water partition coefficient (Wildman–Crippen LogP) is 0.995. The molecule has 0 radical (unpaired) electrons. The van der Waals surface area contributed by atoms with Gasteiger partial charge in [0.2, 0.25) is 5.91 Å². The molecule has 1 rings (SSSR count). The molecule has 1 aliphatic rings. The van der Waals surface area contributed by atoms with Gasteiger partial charge in [-0.3, -0.25) is 4.79 Å². The molecule has 0 spiro atoms. The van der Waals surface area contributed by atoms with Crippen LogP contribution in [0.4, 0.5) is 0 Å². The van der Waals surface area contributed by atoms with Crippen molar-refractivity contribution in [1.82, 2.24) is 10.2 Å². The van der Waals surface area contributed by atoms with Crippen LogP contribution in [0.1, 0.15) is 32.6 Å². The molecule has 1 aliphatic carbocycles. The Bertz CT molecular complexity index is 180. The molecular formula is C10H20N2O. The highest BCUT2D eigenvalue weighted by Crippen LogP contribution is 2.21. The third kappa shape index (κ3) is 2.99. The molecule has 2 atom stereocenters. The Morgan fingerprint density at radius 2 is 1.92 bits per heavy atom. The van der Waals surface area contributed by atoms with Crippen molar-refractivity contribution in [3.8, 4) is 0 Å². The number of rotatable bonds is 2. The molecule has 1 saturated carbocycles. The van der Waals surface area contributed by atoms with Gasteiger partial charge in [-0.1, -0.05) is 12.8 Å².